The zero-order valence-electron chi connectivity index (χ0n) is 13.9. The molecular formula is C20H13Cl2N3O2. The number of fused-ring (bicyclic) bond motifs is 9. The smallest absolute Gasteiger partial charge is 0.254 e. The molecular weight excluding hydrogens is 385 g/mol. The van der Waals surface area contributed by atoms with Crippen LogP contribution in [-0.2, 0) is 6.42 Å². The summed E-state index contributed by atoms with van der Waals surface area (Å²) in [7, 11) is 0. The molecule has 0 saturated heterocycles. The second-order valence-electron chi connectivity index (χ2n) is 7.04. The van der Waals surface area contributed by atoms with Crippen LogP contribution in [0.1, 0.15) is 27.7 Å². The number of benzene rings is 1. The maximum atomic E-state index is 12.8. The predicted molar refractivity (Wildman–Crippen MR) is 106 cm³/mol. The standard InChI is InChI=1S/C20H13Cl2N3O2/c21-9-5-1-3-7-11-13-14(20(27)25-19(13)26)12-8-4-2-6-10(22)16(8)24-18(12)17(11)23-15(7)9/h1-3,5-6,15,19,23-24,26H,4H2,(H,25,27). The fourth-order valence-electron chi connectivity index (χ4n) is 4.62. The van der Waals surface area contributed by atoms with Crippen LogP contribution in [-0.4, -0.2) is 22.0 Å². The van der Waals surface area contributed by atoms with Crippen LogP contribution in [0.2, 0.25) is 0 Å². The van der Waals surface area contributed by atoms with E-state index < -0.39 is 6.23 Å². The van der Waals surface area contributed by atoms with Crippen LogP contribution in [0, 0.1) is 0 Å². The second-order valence-corrected chi connectivity index (χ2v) is 7.88. The lowest BCUT2D eigenvalue weighted by Gasteiger charge is -2.16. The number of carbonyl (C=O) groups excluding carboxylic acids is 1. The van der Waals surface area contributed by atoms with Gasteiger partial charge in [0.05, 0.1) is 33.2 Å². The highest BCUT2D eigenvalue weighted by Crippen LogP contribution is 2.39. The first kappa shape index (κ1) is 15.6. The number of carbonyl (C=O) groups is 1. The number of halogens is 2. The summed E-state index contributed by atoms with van der Waals surface area (Å²) in [5.74, 6) is -0.275. The van der Waals surface area contributed by atoms with Gasteiger partial charge in [-0.3, -0.25) is 4.79 Å². The minimum atomic E-state index is -1.05. The molecule has 2 atom stereocenters. The van der Waals surface area contributed by atoms with E-state index in [9.17, 15) is 9.90 Å². The summed E-state index contributed by atoms with van der Waals surface area (Å²) in [5, 5.41) is 20.5. The van der Waals surface area contributed by atoms with Gasteiger partial charge in [0.25, 0.3) is 5.91 Å². The average molecular weight is 398 g/mol. The minimum Gasteiger partial charge on any atom is -0.371 e. The summed E-state index contributed by atoms with van der Waals surface area (Å²) in [4.78, 5) is 16.2. The third kappa shape index (κ3) is 1.81. The monoisotopic (exact) mass is 397 g/mol. The quantitative estimate of drug-likeness (QED) is 0.549. The first-order chi connectivity index (χ1) is 13.1. The first-order valence-electron chi connectivity index (χ1n) is 8.66. The molecule has 0 fully saturated rings. The Morgan fingerprint density at radius 2 is 2.04 bits per heavy atom. The fraction of sp³-hybridized carbons (Fsp3) is 0.150. The van der Waals surface area contributed by atoms with Crippen LogP contribution in [0.25, 0.3) is 21.5 Å². The molecule has 0 spiro atoms. The Labute approximate surface area is 163 Å². The molecule has 1 aromatic carbocycles. The normalized spacial score (nSPS) is 24.4. The van der Waals surface area contributed by atoms with E-state index in [2.05, 4.69) is 15.6 Å². The molecule has 2 aliphatic heterocycles. The van der Waals surface area contributed by atoms with Gasteiger partial charge in [0.15, 0.2) is 6.23 Å². The molecule has 4 aliphatic rings. The molecule has 3 heterocycles. The molecule has 134 valence electrons. The lowest BCUT2D eigenvalue weighted by molar-refractivity contribution is 0.0850. The van der Waals surface area contributed by atoms with Crippen LogP contribution < -0.4 is 21.2 Å². The lowest BCUT2D eigenvalue weighted by Crippen LogP contribution is -2.21. The number of nitrogens with one attached hydrogen (secondary N) is 3. The predicted octanol–water partition coefficient (Wildman–Crippen LogP) is 2.00. The topological polar surface area (TPSA) is 77.2 Å². The molecule has 4 N–H and O–H groups in total. The number of amides is 1. The Morgan fingerprint density at radius 3 is 2.89 bits per heavy atom. The maximum Gasteiger partial charge on any atom is 0.254 e. The molecule has 1 amide bonds. The van der Waals surface area contributed by atoms with Crippen LogP contribution in [0.5, 0.6) is 0 Å². The molecule has 6 rings (SSSR count). The van der Waals surface area contributed by atoms with Crippen LogP contribution in [0.3, 0.4) is 0 Å². The van der Waals surface area contributed by atoms with Crippen molar-refractivity contribution in [2.75, 3.05) is 5.32 Å². The third-order valence-electron chi connectivity index (χ3n) is 5.68. The van der Waals surface area contributed by atoms with E-state index in [0.717, 1.165) is 38.3 Å². The summed E-state index contributed by atoms with van der Waals surface area (Å²) >= 11 is 12.8. The Balaban J connectivity index is 1.87. The van der Waals surface area contributed by atoms with E-state index in [4.69, 9.17) is 23.2 Å². The molecule has 0 radical (unpaired) electrons. The average Bonchev–Trinajstić information content (AvgIpc) is 3.28. The third-order valence-corrected chi connectivity index (χ3v) is 6.34. The lowest BCUT2D eigenvalue weighted by atomic mass is 9.93. The van der Waals surface area contributed by atoms with E-state index in [1.807, 2.05) is 30.4 Å². The number of H-pyrrole nitrogens is 1. The molecule has 0 saturated carbocycles. The Hall–Kier alpha value is -2.47. The molecule has 2 aliphatic carbocycles. The van der Waals surface area contributed by atoms with Gasteiger partial charge < -0.3 is 20.7 Å². The van der Waals surface area contributed by atoms with Crippen molar-refractivity contribution in [2.45, 2.75) is 18.7 Å². The van der Waals surface area contributed by atoms with E-state index in [0.29, 0.717) is 27.6 Å². The van der Waals surface area contributed by atoms with Crippen molar-refractivity contribution in [1.82, 2.24) is 10.3 Å². The molecule has 7 heteroatoms. The van der Waals surface area contributed by atoms with Gasteiger partial charge in [-0.25, -0.2) is 0 Å². The van der Waals surface area contributed by atoms with Crippen LogP contribution in [0.15, 0.2) is 35.4 Å². The van der Waals surface area contributed by atoms with Gasteiger partial charge >= 0.3 is 0 Å². The SMILES string of the molecule is O=C1NC(O)c2c1c1c3c([nH]c1c1c2=C2C=CC=C(Cl)C2N1)=C(Cl)C=CC3. The maximum absolute atomic E-state index is 12.8. The molecule has 2 aromatic rings. The van der Waals surface area contributed by atoms with Gasteiger partial charge in [-0.2, -0.15) is 0 Å². The van der Waals surface area contributed by atoms with Gasteiger partial charge in [-0.15, -0.1) is 0 Å². The Morgan fingerprint density at radius 1 is 1.19 bits per heavy atom. The fourth-order valence-corrected chi connectivity index (χ4v) is 5.11. The van der Waals surface area contributed by atoms with Crippen molar-refractivity contribution in [2.24, 2.45) is 0 Å². The van der Waals surface area contributed by atoms with Gasteiger partial charge in [-0.1, -0.05) is 41.4 Å². The van der Waals surface area contributed by atoms with Crippen LogP contribution >= 0.6 is 23.2 Å². The summed E-state index contributed by atoms with van der Waals surface area (Å²) in [6.45, 7) is 0. The largest absolute Gasteiger partial charge is 0.371 e. The van der Waals surface area contributed by atoms with Crippen molar-refractivity contribution in [3.05, 3.63) is 62.7 Å². The van der Waals surface area contributed by atoms with Gasteiger partial charge in [0, 0.05) is 21.2 Å². The number of hydrogen-bond acceptors (Lipinski definition) is 3. The first-order valence-corrected chi connectivity index (χ1v) is 9.42. The van der Waals surface area contributed by atoms with Gasteiger partial charge in [-0.05, 0) is 29.7 Å². The zero-order chi connectivity index (χ0) is 18.4. The summed E-state index contributed by atoms with van der Waals surface area (Å²) < 4.78 is 0. The minimum absolute atomic E-state index is 0.192. The van der Waals surface area contributed by atoms with Crippen molar-refractivity contribution in [1.29, 1.82) is 0 Å². The van der Waals surface area contributed by atoms with Gasteiger partial charge in [0.1, 0.15) is 0 Å². The summed E-state index contributed by atoms with van der Waals surface area (Å²) in [6.07, 6.45) is 9.15. The van der Waals surface area contributed by atoms with Crippen molar-refractivity contribution in [3.63, 3.8) is 0 Å². The number of aliphatic hydroxyl groups is 1. The van der Waals surface area contributed by atoms with Crippen molar-refractivity contribution in [3.8, 4) is 0 Å². The highest BCUT2D eigenvalue weighted by Gasteiger charge is 2.39. The van der Waals surface area contributed by atoms with E-state index in [1.54, 1.807) is 0 Å². The molecule has 0 bridgehead atoms. The number of allylic oxidation sites excluding steroid dienone is 4. The highest BCUT2D eigenvalue weighted by atomic mass is 35.5. The molecule has 5 nitrogen and oxygen atoms in total. The summed E-state index contributed by atoms with van der Waals surface area (Å²) in [5.41, 5.74) is 4.71. The number of aromatic nitrogens is 1. The molecule has 27 heavy (non-hydrogen) atoms. The second kappa shape index (κ2) is 5.07. The highest BCUT2D eigenvalue weighted by molar-refractivity contribution is 6.47. The molecule has 2 unspecified atom stereocenters. The van der Waals surface area contributed by atoms with E-state index >= 15 is 0 Å². The van der Waals surface area contributed by atoms with E-state index in [1.165, 1.54) is 0 Å². The Kier molecular flexibility index (Phi) is 2.93. The molecule has 1 aromatic heterocycles. The van der Waals surface area contributed by atoms with Crippen LogP contribution in [0.4, 0.5) is 5.69 Å². The number of rotatable bonds is 0. The zero-order valence-corrected chi connectivity index (χ0v) is 15.4. The number of aliphatic hydroxyl groups excluding tert-OH is 1. The van der Waals surface area contributed by atoms with E-state index in [-0.39, 0.29) is 11.9 Å². The van der Waals surface area contributed by atoms with Crippen molar-refractivity contribution < 1.29 is 9.90 Å². The number of aromatic amines is 1. The Bertz CT molecular complexity index is 1310. The summed E-state index contributed by atoms with van der Waals surface area (Å²) in [6, 6.07) is -0.192. The number of anilines is 1. The number of hydrogen-bond donors (Lipinski definition) is 4. The van der Waals surface area contributed by atoms with Gasteiger partial charge in [0.2, 0.25) is 0 Å². The van der Waals surface area contributed by atoms with Crippen molar-refractivity contribution >= 4 is 56.3 Å².